The fraction of sp³-hybridized carbons (Fsp3) is 0.409. The first-order valence-corrected chi connectivity index (χ1v) is 20.6. The second-order valence-corrected chi connectivity index (χ2v) is 15.0. The van der Waals surface area contributed by atoms with Gasteiger partial charge in [0.2, 0.25) is 11.8 Å². The van der Waals surface area contributed by atoms with Crippen LogP contribution in [0.25, 0.3) is 44.4 Å². The molecule has 6 rings (SSSR count). The highest BCUT2D eigenvalue weighted by atomic mass is 19.4. The fourth-order valence-electron chi connectivity index (χ4n) is 7.19. The highest BCUT2D eigenvalue weighted by Gasteiger charge is 2.63. The van der Waals surface area contributed by atoms with Crippen molar-refractivity contribution in [3.63, 3.8) is 0 Å². The minimum absolute atomic E-state index is 0.153. The van der Waals surface area contributed by atoms with Crippen molar-refractivity contribution in [2.24, 2.45) is 5.92 Å². The molecule has 64 heavy (non-hydrogen) atoms. The number of nitrogens with zero attached hydrogens (tertiary/aromatic N) is 3. The number of halogens is 6. The molecule has 2 unspecified atom stereocenters. The van der Waals surface area contributed by atoms with Crippen molar-refractivity contribution in [1.82, 2.24) is 40.8 Å². The molecule has 14 nitrogen and oxygen atoms in total. The van der Waals surface area contributed by atoms with E-state index in [2.05, 4.69) is 66.0 Å². The largest absolute Gasteiger partial charge is 0.453 e. The molecule has 2 atom stereocenters. The molecule has 5 aromatic rings. The maximum atomic E-state index is 13.7. The van der Waals surface area contributed by atoms with Gasteiger partial charge < -0.3 is 40.3 Å². The number of aromatic amines is 2. The summed E-state index contributed by atoms with van der Waals surface area (Å²) >= 11 is 0. The fourth-order valence-corrected chi connectivity index (χ4v) is 7.19. The van der Waals surface area contributed by atoms with Gasteiger partial charge in [0.25, 0.3) is 0 Å². The number of likely N-dealkylation sites (tertiary alicyclic amines) is 1. The number of carbonyl (C=O) groups is 4. The molecule has 20 heteroatoms. The van der Waals surface area contributed by atoms with E-state index in [9.17, 15) is 45.5 Å². The molecule has 1 aliphatic rings. The van der Waals surface area contributed by atoms with Crippen LogP contribution in [0.3, 0.4) is 0 Å². The smallest absolute Gasteiger partial charge is 0.407 e. The number of aryl methyl sites for hydroxylation is 1. The van der Waals surface area contributed by atoms with Gasteiger partial charge >= 0.3 is 24.5 Å². The van der Waals surface area contributed by atoms with Crippen molar-refractivity contribution in [3.8, 4) is 33.6 Å². The summed E-state index contributed by atoms with van der Waals surface area (Å²) in [6.07, 6.45) is -6.89. The van der Waals surface area contributed by atoms with Crippen molar-refractivity contribution in [2.45, 2.75) is 76.8 Å². The number of H-pyrrole nitrogens is 2. The van der Waals surface area contributed by atoms with Crippen LogP contribution in [0, 0.1) is 5.92 Å². The van der Waals surface area contributed by atoms with Crippen LogP contribution in [-0.2, 0) is 25.5 Å². The number of alkyl carbamates (subject to hydrolysis) is 2. The van der Waals surface area contributed by atoms with E-state index in [1.807, 2.05) is 48.5 Å². The summed E-state index contributed by atoms with van der Waals surface area (Å²) in [5, 5.41) is 8.55. The maximum Gasteiger partial charge on any atom is 0.407 e. The number of hydrogen-bond donors (Lipinski definition) is 5. The number of nitrogens with one attached hydrogen (secondary N) is 5. The molecule has 344 valence electrons. The molecule has 4 amide bonds. The number of unbranched alkanes of at least 4 members (excludes halogenated alkanes) is 1. The van der Waals surface area contributed by atoms with Crippen LogP contribution in [0.2, 0.25) is 0 Å². The Kier molecular flexibility index (Phi) is 16.4. The standard InChI is InChI=1S/C41H42F6N8O6.C3H8/c1-60-38(58)51-22-33(56)48-16-4-3-7-32-49-20-30(52-32)28-15-14-26-18-25(12-13-27(26)19-28)23-8-10-24(11-9-23)29-21-50-36(53-29)31-6-5-17-55(31)37(57)34(54-39(59)61-2)35(40(42,43)44)41(45,46)47;1-3-2/h8-15,18-21,31,34-35H,3-7,16-17,22H2,1-2H3,(H,48,56)(H,49,52)(H,50,53)(H,51,58)(H,54,59);3H2,1-2H3. The molecule has 2 aromatic heterocycles. The molecule has 5 N–H and O–H groups in total. The van der Waals surface area contributed by atoms with Gasteiger partial charge in [-0.3, -0.25) is 9.59 Å². The van der Waals surface area contributed by atoms with Gasteiger partial charge in [0.1, 0.15) is 17.7 Å². The Bertz CT molecular complexity index is 2350. The maximum absolute atomic E-state index is 13.7. The molecule has 0 aliphatic carbocycles. The van der Waals surface area contributed by atoms with E-state index < -0.39 is 48.4 Å². The number of aromatic nitrogens is 4. The topological polar surface area (TPSA) is 183 Å². The molecular weight excluding hydrogens is 851 g/mol. The number of benzene rings is 3. The summed E-state index contributed by atoms with van der Waals surface area (Å²) in [5.41, 5.74) is 4.89. The molecule has 1 aliphatic heterocycles. The lowest BCUT2D eigenvalue weighted by Crippen LogP contribution is -2.59. The normalized spacial score (nSPS) is 14.4. The van der Waals surface area contributed by atoms with Crippen LogP contribution in [0.1, 0.15) is 63.6 Å². The third-order valence-corrected chi connectivity index (χ3v) is 10.3. The van der Waals surface area contributed by atoms with Gasteiger partial charge in [-0.05, 0) is 65.3 Å². The monoisotopic (exact) mass is 900 g/mol. The Morgan fingerprint density at radius 3 is 1.98 bits per heavy atom. The van der Waals surface area contributed by atoms with Gasteiger partial charge in [0.15, 0.2) is 5.92 Å². The van der Waals surface area contributed by atoms with Gasteiger partial charge in [-0.2, -0.15) is 26.3 Å². The van der Waals surface area contributed by atoms with Crippen LogP contribution < -0.4 is 16.0 Å². The van der Waals surface area contributed by atoms with Crippen molar-refractivity contribution in [2.75, 3.05) is 33.9 Å². The lowest BCUT2D eigenvalue weighted by Gasteiger charge is -2.34. The van der Waals surface area contributed by atoms with Crippen LogP contribution in [0.5, 0.6) is 0 Å². The highest BCUT2D eigenvalue weighted by molar-refractivity contribution is 5.91. The third-order valence-electron chi connectivity index (χ3n) is 10.3. The number of alkyl halides is 6. The Hall–Kier alpha value is -6.60. The Morgan fingerprint density at radius 1 is 0.766 bits per heavy atom. The highest BCUT2D eigenvalue weighted by Crippen LogP contribution is 2.43. The second-order valence-electron chi connectivity index (χ2n) is 15.0. The molecule has 3 aromatic carbocycles. The predicted molar refractivity (Wildman–Crippen MR) is 225 cm³/mol. The van der Waals surface area contributed by atoms with E-state index in [1.54, 1.807) is 6.20 Å². The molecule has 0 saturated carbocycles. The summed E-state index contributed by atoms with van der Waals surface area (Å²) in [6, 6.07) is 15.6. The van der Waals surface area contributed by atoms with E-state index in [4.69, 9.17) is 0 Å². The lowest BCUT2D eigenvalue weighted by atomic mass is 9.96. The first-order chi connectivity index (χ1) is 30.5. The van der Waals surface area contributed by atoms with Gasteiger partial charge in [-0.25, -0.2) is 19.6 Å². The Labute approximate surface area is 364 Å². The summed E-state index contributed by atoms with van der Waals surface area (Å²) in [7, 11) is 1.98. The summed E-state index contributed by atoms with van der Waals surface area (Å²) in [6.45, 7) is 4.40. The Balaban J connectivity index is 0.00000250. The quantitative estimate of drug-likeness (QED) is 0.0542. The number of methoxy groups -OCH3 is 2. The van der Waals surface area contributed by atoms with Gasteiger partial charge in [0, 0.05) is 25.1 Å². The first kappa shape index (κ1) is 48.4. The number of rotatable bonds is 14. The summed E-state index contributed by atoms with van der Waals surface area (Å²) in [4.78, 5) is 64.3. The molecular formula is C44H50F6N8O6. The number of hydrogen-bond acceptors (Lipinski definition) is 8. The van der Waals surface area contributed by atoms with Crippen LogP contribution in [-0.4, -0.2) is 101 Å². The number of ether oxygens (including phenoxy) is 2. The average molecular weight is 901 g/mol. The van der Waals surface area contributed by atoms with Crippen molar-refractivity contribution < 1.29 is 55.0 Å². The van der Waals surface area contributed by atoms with Crippen LogP contribution in [0.4, 0.5) is 35.9 Å². The SMILES string of the molecule is CCC.COC(=O)NCC(=O)NCCCCc1ncc(-c2ccc3cc(-c4ccc(-c5cnc(C6CCCN6C(=O)C(NC(=O)OC)C(C(F)(F)F)C(F)(F)F)[nH]5)cc4)ccc3c2)[nH]1. The molecule has 3 heterocycles. The van der Waals surface area contributed by atoms with Crippen LogP contribution in [0.15, 0.2) is 73.1 Å². The molecule has 0 spiro atoms. The second kappa shape index (κ2) is 21.7. The van der Waals surface area contributed by atoms with E-state index in [0.29, 0.717) is 24.2 Å². The van der Waals surface area contributed by atoms with Gasteiger partial charge in [-0.1, -0.05) is 68.8 Å². The average Bonchev–Trinajstić information content (AvgIpc) is 4.06. The third kappa shape index (κ3) is 12.5. The zero-order valence-corrected chi connectivity index (χ0v) is 35.6. The van der Waals surface area contributed by atoms with E-state index in [1.165, 1.54) is 25.0 Å². The van der Waals surface area contributed by atoms with E-state index in [-0.39, 0.29) is 37.7 Å². The summed E-state index contributed by atoms with van der Waals surface area (Å²) in [5.74, 6) is -5.04. The molecule has 0 radical (unpaired) electrons. The van der Waals surface area contributed by atoms with Crippen molar-refractivity contribution in [1.29, 1.82) is 0 Å². The summed E-state index contributed by atoms with van der Waals surface area (Å²) < 4.78 is 91.1. The predicted octanol–water partition coefficient (Wildman–Crippen LogP) is 8.63. The van der Waals surface area contributed by atoms with Crippen molar-refractivity contribution in [3.05, 3.63) is 84.7 Å². The van der Waals surface area contributed by atoms with E-state index in [0.717, 1.165) is 63.8 Å². The molecule has 1 fully saturated rings. The molecule has 1 saturated heterocycles. The minimum Gasteiger partial charge on any atom is -0.453 e. The van der Waals surface area contributed by atoms with Crippen LogP contribution >= 0.6 is 0 Å². The number of amides is 4. The number of imidazole rings is 2. The minimum atomic E-state index is -5.90. The van der Waals surface area contributed by atoms with E-state index >= 15 is 0 Å². The zero-order valence-electron chi connectivity index (χ0n) is 35.6. The lowest BCUT2D eigenvalue weighted by molar-refractivity contribution is -0.290. The number of fused-ring (bicyclic) bond motifs is 1. The van der Waals surface area contributed by atoms with Gasteiger partial charge in [-0.15, -0.1) is 0 Å². The first-order valence-electron chi connectivity index (χ1n) is 20.6. The molecule has 0 bridgehead atoms. The zero-order chi connectivity index (χ0) is 46.6. The van der Waals surface area contributed by atoms with Gasteiger partial charge in [0.05, 0.1) is 50.6 Å². The Morgan fingerprint density at radius 2 is 1.34 bits per heavy atom. The van der Waals surface area contributed by atoms with Crippen molar-refractivity contribution >= 4 is 34.8 Å². The number of carbonyl (C=O) groups excluding carboxylic acids is 4.